The summed E-state index contributed by atoms with van der Waals surface area (Å²) in [5.41, 5.74) is 0. The van der Waals surface area contributed by atoms with E-state index in [0.717, 1.165) is 0 Å². The predicted octanol–water partition coefficient (Wildman–Crippen LogP) is -1.13. The number of hydrogen-bond acceptors (Lipinski definition) is 4. The molecule has 7 heteroatoms. The molecule has 5 nitrogen and oxygen atoms in total. The Labute approximate surface area is 67.7 Å². The summed E-state index contributed by atoms with van der Waals surface area (Å²) in [6, 6.07) is 0. The van der Waals surface area contributed by atoms with E-state index >= 15 is 0 Å². The van der Waals surface area contributed by atoms with Gasteiger partial charge in [0.25, 0.3) is 0 Å². The van der Waals surface area contributed by atoms with Crippen LogP contribution in [0.5, 0.6) is 0 Å². The van der Waals surface area contributed by atoms with Crippen molar-refractivity contribution in [3.8, 4) is 0 Å². The number of aliphatic carboxylic acids is 1. The highest BCUT2D eigenvalue weighted by atomic mass is 79.9. The van der Waals surface area contributed by atoms with Crippen molar-refractivity contribution in [2.45, 2.75) is 6.42 Å². The lowest BCUT2D eigenvalue weighted by atomic mass is 10.5. The lowest BCUT2D eigenvalue weighted by Crippen LogP contribution is -2.06. The number of rotatable bonds is 3. The molecule has 0 aliphatic rings. The first-order valence-electron chi connectivity index (χ1n) is 2.34. The van der Waals surface area contributed by atoms with Crippen LogP contribution >= 0.6 is 16.1 Å². The average Bonchev–Trinajstić information content (AvgIpc) is 1.85. The number of carboxylic acid groups (broad SMARTS) is 1. The standard InChI is InChI=1S/C3H6BrNO2.BH2O2/c4-5-2-1-3(6)7;2-1-3/h5H,1-2H2,(H,6,7);2-3H. The molecule has 0 aromatic heterocycles. The molecule has 1 radical (unpaired) electrons. The molecule has 0 saturated carbocycles. The third-order valence-electron chi connectivity index (χ3n) is 0.433. The first-order chi connectivity index (χ1) is 4.68. The highest BCUT2D eigenvalue weighted by Crippen LogP contribution is 1.75. The first kappa shape index (κ1) is 12.6. The number of carbonyl (C=O) groups is 1. The molecule has 0 atom stereocenters. The van der Waals surface area contributed by atoms with Crippen molar-refractivity contribution in [2.75, 3.05) is 6.54 Å². The van der Waals surface area contributed by atoms with Crippen LogP contribution in [0, 0.1) is 0 Å². The topological polar surface area (TPSA) is 89.8 Å². The number of hydrogen-bond donors (Lipinski definition) is 4. The van der Waals surface area contributed by atoms with Gasteiger partial charge in [-0.3, -0.25) is 9.14 Å². The van der Waals surface area contributed by atoms with Gasteiger partial charge >= 0.3 is 13.7 Å². The molecule has 4 N–H and O–H groups in total. The summed E-state index contributed by atoms with van der Waals surface area (Å²) in [7, 11) is 0. The van der Waals surface area contributed by atoms with E-state index in [0.29, 0.717) is 6.54 Å². The van der Waals surface area contributed by atoms with Crippen LogP contribution in [0.25, 0.3) is 0 Å². The number of nitrogens with one attached hydrogen (secondary N) is 1. The molecule has 10 heavy (non-hydrogen) atoms. The van der Waals surface area contributed by atoms with E-state index in [1.807, 2.05) is 0 Å². The van der Waals surface area contributed by atoms with Crippen molar-refractivity contribution in [3.05, 3.63) is 0 Å². The van der Waals surface area contributed by atoms with Crippen molar-refractivity contribution in [3.63, 3.8) is 0 Å². The Kier molecular flexibility index (Phi) is 14.6. The van der Waals surface area contributed by atoms with E-state index in [1.165, 1.54) is 0 Å². The smallest absolute Gasteiger partial charge is 0.481 e. The molecule has 0 bridgehead atoms. The molecule has 0 aromatic carbocycles. The molecule has 0 aliphatic heterocycles. The third-order valence-corrected chi connectivity index (χ3v) is 0.830. The molecule has 0 aromatic rings. The summed E-state index contributed by atoms with van der Waals surface area (Å²) >= 11 is 2.86. The van der Waals surface area contributed by atoms with E-state index < -0.39 is 5.97 Å². The maximum absolute atomic E-state index is 9.70. The second kappa shape index (κ2) is 11.7. The van der Waals surface area contributed by atoms with Gasteiger partial charge in [-0.25, -0.2) is 0 Å². The van der Waals surface area contributed by atoms with Crippen molar-refractivity contribution < 1.29 is 19.9 Å². The van der Waals surface area contributed by atoms with Crippen LogP contribution in [0.4, 0.5) is 0 Å². The molecular weight excluding hydrogens is 205 g/mol. The Balaban J connectivity index is 0. The van der Waals surface area contributed by atoms with E-state index in [-0.39, 0.29) is 14.1 Å². The number of halogens is 1. The van der Waals surface area contributed by atoms with Gasteiger partial charge in [0.1, 0.15) is 0 Å². The van der Waals surface area contributed by atoms with Crippen molar-refractivity contribution in [1.29, 1.82) is 0 Å². The fourth-order valence-corrected chi connectivity index (χ4v) is 0.352. The van der Waals surface area contributed by atoms with Crippen LogP contribution in [-0.2, 0) is 4.79 Å². The fraction of sp³-hybridized carbons (Fsp3) is 0.667. The second-order valence-corrected chi connectivity index (χ2v) is 1.70. The minimum absolute atomic E-state index is 0. The Morgan fingerprint density at radius 3 is 2.10 bits per heavy atom. The molecule has 0 unspecified atom stereocenters. The molecule has 0 rings (SSSR count). The van der Waals surface area contributed by atoms with Gasteiger partial charge in [-0.2, -0.15) is 0 Å². The van der Waals surface area contributed by atoms with Gasteiger partial charge in [-0.05, 0) is 0 Å². The lowest BCUT2D eigenvalue weighted by molar-refractivity contribution is -0.136. The average molecular weight is 213 g/mol. The third kappa shape index (κ3) is 24.7. The van der Waals surface area contributed by atoms with Crippen molar-refractivity contribution >= 4 is 29.8 Å². The summed E-state index contributed by atoms with van der Waals surface area (Å²) in [6.07, 6.45) is 0.158. The van der Waals surface area contributed by atoms with Gasteiger partial charge in [0.15, 0.2) is 0 Å². The lowest BCUT2D eigenvalue weighted by Gasteiger charge is -1.87. The Bertz CT molecular complexity index is 82.9. The molecule has 0 fully saturated rings. The maximum atomic E-state index is 9.70. The van der Waals surface area contributed by atoms with Crippen LogP contribution in [0.15, 0.2) is 0 Å². The van der Waals surface area contributed by atoms with Crippen LogP contribution in [-0.4, -0.2) is 35.4 Å². The van der Waals surface area contributed by atoms with E-state index in [4.69, 9.17) is 15.2 Å². The summed E-state index contributed by atoms with van der Waals surface area (Å²) in [5.74, 6) is -0.785. The first-order valence-corrected chi connectivity index (χ1v) is 3.13. The highest BCUT2D eigenvalue weighted by Gasteiger charge is 1.90. The van der Waals surface area contributed by atoms with E-state index in [1.54, 1.807) is 0 Å². The van der Waals surface area contributed by atoms with Crippen LogP contribution < -0.4 is 4.34 Å². The SMILES string of the molecule is O=C(O)CCNBr.O[B]O. The Hall–Kier alpha value is -0.105. The molecule has 0 aliphatic carbocycles. The Morgan fingerprint density at radius 1 is 1.60 bits per heavy atom. The number of carboxylic acids is 1. The van der Waals surface area contributed by atoms with Gasteiger partial charge in [-0.1, -0.05) is 0 Å². The predicted molar refractivity (Wildman–Crippen MR) is 39.4 cm³/mol. The maximum Gasteiger partial charge on any atom is 0.482 e. The Morgan fingerprint density at radius 2 is 2.00 bits per heavy atom. The normalized spacial score (nSPS) is 7.50. The van der Waals surface area contributed by atoms with Crippen molar-refractivity contribution in [2.24, 2.45) is 0 Å². The molecule has 0 spiro atoms. The molecule has 0 saturated heterocycles. The van der Waals surface area contributed by atoms with Crippen molar-refractivity contribution in [1.82, 2.24) is 4.34 Å². The van der Waals surface area contributed by atoms with Gasteiger partial charge in [0.2, 0.25) is 0 Å². The van der Waals surface area contributed by atoms with Crippen LogP contribution in [0.2, 0.25) is 0 Å². The molecule has 0 heterocycles. The summed E-state index contributed by atoms with van der Waals surface area (Å²) in [5, 5.41) is 22.0. The van der Waals surface area contributed by atoms with E-state index in [2.05, 4.69) is 20.5 Å². The monoisotopic (exact) mass is 212 g/mol. The zero-order chi connectivity index (χ0) is 8.41. The highest BCUT2D eigenvalue weighted by molar-refractivity contribution is 9.08. The molecule has 59 valence electrons. The van der Waals surface area contributed by atoms with Gasteiger partial charge in [-0.15, -0.1) is 0 Å². The van der Waals surface area contributed by atoms with Gasteiger partial charge in [0, 0.05) is 22.7 Å². The summed E-state index contributed by atoms with van der Waals surface area (Å²) < 4.78 is 2.53. The second-order valence-electron chi connectivity index (χ2n) is 1.14. The van der Waals surface area contributed by atoms with Crippen LogP contribution in [0.3, 0.4) is 0 Å². The van der Waals surface area contributed by atoms with Gasteiger partial charge < -0.3 is 15.2 Å². The van der Waals surface area contributed by atoms with E-state index in [9.17, 15) is 4.79 Å². The molecule has 0 amide bonds. The zero-order valence-electron chi connectivity index (χ0n) is 5.12. The minimum atomic E-state index is -0.785. The molecular formula is C3H8BBrNO4. The summed E-state index contributed by atoms with van der Waals surface area (Å²) in [4.78, 5) is 9.70. The largest absolute Gasteiger partial charge is 0.482 e. The minimum Gasteiger partial charge on any atom is -0.481 e. The van der Waals surface area contributed by atoms with Crippen LogP contribution in [0.1, 0.15) is 6.42 Å². The zero-order valence-corrected chi connectivity index (χ0v) is 6.71. The summed E-state index contributed by atoms with van der Waals surface area (Å²) in [6.45, 7) is 0.468. The fourth-order valence-electron chi connectivity index (χ4n) is 0.154. The quantitative estimate of drug-likeness (QED) is 0.351. The van der Waals surface area contributed by atoms with Gasteiger partial charge in [0.05, 0.1) is 6.42 Å².